The molecule has 1 rings (SSSR count). The van der Waals surface area contributed by atoms with Gasteiger partial charge in [0, 0.05) is 0 Å². The van der Waals surface area contributed by atoms with Gasteiger partial charge in [-0.2, -0.15) is 0 Å². The molecule has 0 heterocycles. The van der Waals surface area contributed by atoms with Gasteiger partial charge >= 0.3 is 132 Å². The number of hydrogen-bond donors (Lipinski definition) is 1. The maximum atomic E-state index is 10.6. The van der Waals surface area contributed by atoms with Crippen molar-refractivity contribution in [3.05, 3.63) is 22.1 Å². The zero-order valence-electron chi connectivity index (χ0n) is 14.4. The Bertz CT molecular complexity index is 372. The Morgan fingerprint density at radius 1 is 1.14 bits per heavy atom. The normalized spacial score (nSPS) is 16.1. The molecule has 0 unspecified atom stereocenters. The Morgan fingerprint density at radius 2 is 1.71 bits per heavy atom. The van der Waals surface area contributed by atoms with Crippen LogP contribution in [0.25, 0.3) is 0 Å². The molecule has 0 fully saturated rings. The average molecular weight is 357 g/mol. The zero-order valence-corrected chi connectivity index (χ0v) is 16.5. The molecule has 0 bridgehead atoms. The zero-order chi connectivity index (χ0) is 15.9. The molecule has 0 atom stereocenters. The van der Waals surface area contributed by atoms with Crippen LogP contribution in [0, 0.1) is 0 Å². The van der Waals surface area contributed by atoms with Gasteiger partial charge in [0.1, 0.15) is 0 Å². The summed E-state index contributed by atoms with van der Waals surface area (Å²) in [5, 5.41) is 10.6. The molecule has 0 aromatic heterocycles. The minimum atomic E-state index is -1.81. The van der Waals surface area contributed by atoms with E-state index in [9.17, 15) is 5.11 Å². The third-order valence-electron chi connectivity index (χ3n) is 3.64. The standard InChI is InChI=1S/C17H32GeO3/c1-6-13-20-17(19,21-14-7-2)12-11-15-9-8-10-16(15)18(3,4)5/h8,10,19H,6-7,9,11-14H2,1-5H3. The van der Waals surface area contributed by atoms with E-state index in [1.165, 1.54) is 5.57 Å². The number of allylic oxidation sites excluding steroid dienone is 4. The Morgan fingerprint density at radius 3 is 2.19 bits per heavy atom. The van der Waals surface area contributed by atoms with E-state index in [-0.39, 0.29) is 0 Å². The maximum absolute atomic E-state index is 10.6. The van der Waals surface area contributed by atoms with Crippen LogP contribution in [0.1, 0.15) is 46.0 Å². The fourth-order valence-corrected chi connectivity index (χ4v) is 6.58. The first-order chi connectivity index (χ1) is 9.82. The molecule has 0 aliphatic heterocycles. The van der Waals surface area contributed by atoms with E-state index in [4.69, 9.17) is 9.47 Å². The molecule has 0 amide bonds. The van der Waals surface area contributed by atoms with Crippen molar-refractivity contribution in [1.29, 1.82) is 0 Å². The van der Waals surface area contributed by atoms with E-state index in [2.05, 4.69) is 29.4 Å². The van der Waals surface area contributed by atoms with Gasteiger partial charge in [0.05, 0.1) is 0 Å². The SMILES string of the molecule is CCCOC(O)(CCC1=[C]([Ge]([CH3])([CH3])[CH3])C=CC1)OCCC. The molecule has 21 heavy (non-hydrogen) atoms. The van der Waals surface area contributed by atoms with Crippen LogP contribution in [0.3, 0.4) is 0 Å². The van der Waals surface area contributed by atoms with Gasteiger partial charge in [-0.25, -0.2) is 0 Å². The topological polar surface area (TPSA) is 38.7 Å². The van der Waals surface area contributed by atoms with Crippen molar-refractivity contribution in [2.24, 2.45) is 0 Å². The van der Waals surface area contributed by atoms with Crippen molar-refractivity contribution in [3.8, 4) is 0 Å². The summed E-state index contributed by atoms with van der Waals surface area (Å²) in [5.74, 6) is 5.83. The summed E-state index contributed by atoms with van der Waals surface area (Å²) in [6.45, 7) is 5.13. The summed E-state index contributed by atoms with van der Waals surface area (Å²) in [4.78, 5) is 0. The van der Waals surface area contributed by atoms with E-state index < -0.39 is 19.2 Å². The Hall–Kier alpha value is -0.0971. The van der Waals surface area contributed by atoms with Gasteiger partial charge in [-0.1, -0.05) is 0 Å². The first kappa shape index (κ1) is 19.0. The first-order valence-corrected chi connectivity index (χ1v) is 15.6. The molecule has 0 spiro atoms. The van der Waals surface area contributed by atoms with Crippen LogP contribution in [0.15, 0.2) is 22.1 Å². The molecule has 122 valence electrons. The molecule has 4 heteroatoms. The molecule has 0 radical (unpaired) electrons. The molecular formula is C17H32GeO3. The number of rotatable bonds is 10. The Labute approximate surface area is 132 Å². The van der Waals surface area contributed by atoms with Gasteiger partial charge in [-0.3, -0.25) is 0 Å². The summed E-state index contributed by atoms with van der Waals surface area (Å²) in [6, 6.07) is 0. The van der Waals surface area contributed by atoms with Crippen molar-refractivity contribution < 1.29 is 14.6 Å². The summed E-state index contributed by atoms with van der Waals surface area (Å²) in [5.41, 5.74) is 1.47. The number of hydrogen-bond acceptors (Lipinski definition) is 3. The summed E-state index contributed by atoms with van der Waals surface area (Å²) in [7, 11) is 0. The van der Waals surface area contributed by atoms with Crippen molar-refractivity contribution in [2.45, 2.75) is 69.2 Å². The molecule has 0 saturated heterocycles. The second kappa shape index (κ2) is 8.51. The average Bonchev–Trinajstić information content (AvgIpc) is 2.89. The van der Waals surface area contributed by atoms with E-state index in [0.29, 0.717) is 19.6 Å². The van der Waals surface area contributed by atoms with E-state index in [0.717, 1.165) is 25.7 Å². The summed E-state index contributed by atoms with van der Waals surface area (Å²) >= 11 is -1.81. The second-order valence-electron chi connectivity index (χ2n) is 6.78. The molecule has 0 aromatic carbocycles. The van der Waals surface area contributed by atoms with E-state index >= 15 is 0 Å². The van der Waals surface area contributed by atoms with Crippen molar-refractivity contribution in [2.75, 3.05) is 13.2 Å². The van der Waals surface area contributed by atoms with Gasteiger partial charge in [-0.15, -0.1) is 0 Å². The van der Waals surface area contributed by atoms with Gasteiger partial charge in [0.15, 0.2) is 0 Å². The van der Waals surface area contributed by atoms with Crippen molar-refractivity contribution >= 4 is 13.3 Å². The van der Waals surface area contributed by atoms with Gasteiger partial charge in [-0.05, 0) is 0 Å². The fourth-order valence-electron chi connectivity index (χ4n) is 2.58. The second-order valence-corrected chi connectivity index (χ2v) is 17.4. The molecule has 1 N–H and O–H groups in total. The van der Waals surface area contributed by atoms with E-state index in [1.54, 1.807) is 4.41 Å². The van der Waals surface area contributed by atoms with Gasteiger partial charge in [0.2, 0.25) is 0 Å². The van der Waals surface area contributed by atoms with Crippen LogP contribution in [-0.4, -0.2) is 37.6 Å². The quantitative estimate of drug-likeness (QED) is 0.465. The monoisotopic (exact) mass is 358 g/mol. The van der Waals surface area contributed by atoms with Crippen LogP contribution < -0.4 is 0 Å². The fraction of sp³-hybridized carbons (Fsp3) is 0.765. The van der Waals surface area contributed by atoms with Crippen LogP contribution >= 0.6 is 0 Å². The van der Waals surface area contributed by atoms with Gasteiger partial charge in [0.25, 0.3) is 0 Å². The Balaban J connectivity index is 2.68. The van der Waals surface area contributed by atoms with Crippen LogP contribution in [-0.2, 0) is 9.47 Å². The van der Waals surface area contributed by atoms with Crippen molar-refractivity contribution in [1.82, 2.24) is 0 Å². The molecule has 1 aliphatic carbocycles. The molecule has 0 aromatic rings. The molecule has 1 aliphatic rings. The molecule has 0 saturated carbocycles. The van der Waals surface area contributed by atoms with E-state index in [1.807, 2.05) is 13.8 Å². The van der Waals surface area contributed by atoms with Gasteiger partial charge < -0.3 is 0 Å². The summed E-state index contributed by atoms with van der Waals surface area (Å²) < 4.78 is 12.7. The van der Waals surface area contributed by atoms with Crippen LogP contribution in [0.4, 0.5) is 0 Å². The first-order valence-electron chi connectivity index (χ1n) is 8.21. The predicted molar refractivity (Wildman–Crippen MR) is 90.8 cm³/mol. The van der Waals surface area contributed by atoms with Crippen molar-refractivity contribution in [3.63, 3.8) is 0 Å². The number of ether oxygens (including phenoxy) is 2. The Kier molecular flexibility index (Phi) is 7.68. The molecular weight excluding hydrogens is 325 g/mol. The summed E-state index contributed by atoms with van der Waals surface area (Å²) in [6.07, 6.45) is 8.71. The third kappa shape index (κ3) is 6.27. The predicted octanol–water partition coefficient (Wildman–Crippen LogP) is 4.40. The minimum absolute atomic E-state index is 0.520. The van der Waals surface area contributed by atoms with Crippen LogP contribution in [0.5, 0.6) is 0 Å². The third-order valence-corrected chi connectivity index (χ3v) is 8.13. The number of aliphatic hydroxyl groups is 1. The van der Waals surface area contributed by atoms with Crippen LogP contribution in [0.2, 0.25) is 17.3 Å². The molecule has 3 nitrogen and oxygen atoms in total.